The number of aromatic nitrogens is 3. The van der Waals surface area contributed by atoms with E-state index in [1.54, 1.807) is 49.7 Å². The van der Waals surface area contributed by atoms with Gasteiger partial charge in [-0.1, -0.05) is 18.9 Å². The lowest BCUT2D eigenvalue weighted by Crippen LogP contribution is -2.52. The maximum atomic E-state index is 13.5. The molecular weight excluding hydrogens is 554 g/mol. The van der Waals surface area contributed by atoms with Gasteiger partial charge in [0, 0.05) is 64.6 Å². The Kier molecular flexibility index (Phi) is 7.27. The molecule has 0 spiro atoms. The number of amides is 2. The van der Waals surface area contributed by atoms with Crippen molar-refractivity contribution in [2.24, 2.45) is 14.1 Å². The number of carboxylic acids is 1. The van der Waals surface area contributed by atoms with Gasteiger partial charge in [-0.05, 0) is 93.6 Å². The van der Waals surface area contributed by atoms with E-state index in [1.807, 2.05) is 44.4 Å². The smallest absolute Gasteiger partial charge is 0.352 e. The van der Waals surface area contributed by atoms with E-state index in [4.69, 9.17) is 0 Å². The molecular formula is C35H37N5O4. The Morgan fingerprint density at radius 3 is 2.36 bits per heavy atom. The summed E-state index contributed by atoms with van der Waals surface area (Å²) in [6, 6.07) is 16.7. The van der Waals surface area contributed by atoms with Crippen molar-refractivity contribution in [2.45, 2.75) is 57.9 Å². The lowest BCUT2D eigenvalue weighted by atomic mass is 9.92. The molecule has 44 heavy (non-hydrogen) atoms. The van der Waals surface area contributed by atoms with Crippen molar-refractivity contribution in [2.75, 3.05) is 5.32 Å². The number of carbonyl (C=O) groups excluding carboxylic acids is 2. The van der Waals surface area contributed by atoms with Crippen molar-refractivity contribution in [1.82, 2.24) is 19.4 Å². The van der Waals surface area contributed by atoms with Gasteiger partial charge >= 0.3 is 5.97 Å². The molecule has 1 aliphatic carbocycles. The number of anilines is 1. The Balaban J connectivity index is 1.26. The summed E-state index contributed by atoms with van der Waals surface area (Å²) in [5.41, 5.74) is 6.10. The lowest BCUT2D eigenvalue weighted by molar-refractivity contribution is -0.120. The van der Waals surface area contributed by atoms with Gasteiger partial charge in [0.15, 0.2) is 0 Å². The predicted molar refractivity (Wildman–Crippen MR) is 172 cm³/mol. The second kappa shape index (κ2) is 11.0. The van der Waals surface area contributed by atoms with Crippen molar-refractivity contribution >= 4 is 45.3 Å². The van der Waals surface area contributed by atoms with Crippen LogP contribution in [0.1, 0.15) is 77.6 Å². The molecule has 9 heteroatoms. The molecule has 3 heterocycles. The number of aromatic carboxylic acids is 1. The lowest BCUT2D eigenvalue weighted by Gasteiger charge is -2.25. The number of nitrogens with one attached hydrogen (secondary N) is 2. The van der Waals surface area contributed by atoms with E-state index < -0.39 is 17.4 Å². The van der Waals surface area contributed by atoms with Crippen molar-refractivity contribution < 1.29 is 19.5 Å². The third kappa shape index (κ3) is 5.12. The summed E-state index contributed by atoms with van der Waals surface area (Å²) in [6.07, 6.45) is 6.65. The van der Waals surface area contributed by atoms with Crippen LogP contribution in [0.5, 0.6) is 0 Å². The number of carbonyl (C=O) groups is 3. The molecule has 2 amide bonds. The highest BCUT2D eigenvalue weighted by Gasteiger charge is 2.31. The maximum Gasteiger partial charge on any atom is 0.352 e. The highest BCUT2D eigenvalue weighted by Crippen LogP contribution is 2.44. The van der Waals surface area contributed by atoms with Crippen LogP contribution in [-0.2, 0) is 18.9 Å². The predicted octanol–water partition coefficient (Wildman–Crippen LogP) is 6.54. The molecule has 6 rings (SSSR count). The number of pyridine rings is 1. The standard InChI is InChI=1S/C35H37N5O4/c1-20-10-11-23(19-36-20)31-30(21-8-6-7-9-21)26-14-12-22(17-28(26)40(31)5)32(41)38-35(2,3)34(44)37-25-13-15-27-24(16-25)18-29(33(42)43)39(27)4/h10-19,21H,6-9H2,1-5H3,(H,37,44)(H,38,41)(H,42,43). The fourth-order valence-corrected chi connectivity index (χ4v) is 6.52. The monoisotopic (exact) mass is 591 g/mol. The van der Waals surface area contributed by atoms with Gasteiger partial charge in [-0.2, -0.15) is 0 Å². The molecule has 1 saturated carbocycles. The maximum absolute atomic E-state index is 13.5. The highest BCUT2D eigenvalue weighted by molar-refractivity contribution is 6.06. The minimum absolute atomic E-state index is 0.157. The number of hydrogen-bond donors (Lipinski definition) is 3. The van der Waals surface area contributed by atoms with Crippen LogP contribution in [0.3, 0.4) is 0 Å². The van der Waals surface area contributed by atoms with Crippen LogP contribution < -0.4 is 10.6 Å². The summed E-state index contributed by atoms with van der Waals surface area (Å²) in [4.78, 5) is 42.9. The first-order valence-corrected chi connectivity index (χ1v) is 15.0. The van der Waals surface area contributed by atoms with E-state index in [0.717, 1.165) is 46.2 Å². The van der Waals surface area contributed by atoms with Gasteiger partial charge in [0.1, 0.15) is 11.2 Å². The van der Waals surface area contributed by atoms with Crippen LogP contribution in [0.4, 0.5) is 5.69 Å². The largest absolute Gasteiger partial charge is 0.477 e. The molecule has 3 N–H and O–H groups in total. The van der Waals surface area contributed by atoms with Crippen molar-refractivity contribution in [3.05, 3.63) is 83.3 Å². The molecule has 0 radical (unpaired) electrons. The van der Waals surface area contributed by atoms with Gasteiger partial charge in [-0.15, -0.1) is 0 Å². The van der Waals surface area contributed by atoms with Gasteiger partial charge in [0.2, 0.25) is 5.91 Å². The van der Waals surface area contributed by atoms with Gasteiger partial charge in [-0.25, -0.2) is 4.79 Å². The number of hydrogen-bond acceptors (Lipinski definition) is 4. The molecule has 0 saturated heterocycles. The first kappa shape index (κ1) is 29.2. The molecule has 2 aromatic carbocycles. The molecule has 9 nitrogen and oxygen atoms in total. The molecule has 3 aromatic heterocycles. The van der Waals surface area contributed by atoms with E-state index in [0.29, 0.717) is 22.6 Å². The molecule has 0 atom stereocenters. The minimum atomic E-state index is -1.23. The van der Waals surface area contributed by atoms with Gasteiger partial charge < -0.3 is 24.9 Å². The second-order valence-electron chi connectivity index (χ2n) is 12.4. The van der Waals surface area contributed by atoms with Crippen molar-refractivity contribution in [3.63, 3.8) is 0 Å². The number of rotatable bonds is 7. The number of fused-ring (bicyclic) bond motifs is 2. The third-order valence-electron chi connectivity index (χ3n) is 8.96. The second-order valence-corrected chi connectivity index (χ2v) is 12.4. The Morgan fingerprint density at radius 1 is 0.932 bits per heavy atom. The zero-order valence-electron chi connectivity index (χ0n) is 25.7. The zero-order chi connectivity index (χ0) is 31.3. The van der Waals surface area contributed by atoms with Crippen LogP contribution in [0.25, 0.3) is 33.1 Å². The number of benzene rings is 2. The topological polar surface area (TPSA) is 118 Å². The molecule has 5 aromatic rings. The molecule has 226 valence electrons. The quantitative estimate of drug-likeness (QED) is 0.199. The normalized spacial score (nSPS) is 13.9. The Hall–Kier alpha value is -4.92. The van der Waals surface area contributed by atoms with Crippen LogP contribution in [0.2, 0.25) is 0 Å². The summed E-state index contributed by atoms with van der Waals surface area (Å²) in [5.74, 6) is -1.30. The zero-order valence-corrected chi connectivity index (χ0v) is 25.7. The third-order valence-corrected chi connectivity index (χ3v) is 8.96. The average molecular weight is 592 g/mol. The van der Waals surface area contributed by atoms with Crippen molar-refractivity contribution in [3.8, 4) is 11.3 Å². The molecule has 1 fully saturated rings. The summed E-state index contributed by atoms with van der Waals surface area (Å²) < 4.78 is 3.76. The number of aryl methyl sites for hydroxylation is 3. The van der Waals surface area contributed by atoms with Gasteiger partial charge in [-0.3, -0.25) is 14.6 Å². The molecule has 0 aliphatic heterocycles. The first-order chi connectivity index (χ1) is 20.9. The van der Waals surface area contributed by atoms with Crippen LogP contribution >= 0.6 is 0 Å². The summed E-state index contributed by atoms with van der Waals surface area (Å²) in [5, 5.41) is 17.0. The average Bonchev–Trinajstić information content (AvgIpc) is 3.70. The fourth-order valence-electron chi connectivity index (χ4n) is 6.52. The summed E-state index contributed by atoms with van der Waals surface area (Å²) >= 11 is 0. The van der Waals surface area contributed by atoms with Crippen LogP contribution in [0, 0.1) is 6.92 Å². The molecule has 0 bridgehead atoms. The van der Waals surface area contributed by atoms with Gasteiger partial charge in [0.25, 0.3) is 5.91 Å². The summed E-state index contributed by atoms with van der Waals surface area (Å²) in [7, 11) is 3.73. The molecule has 0 unspecified atom stereocenters. The van der Waals surface area contributed by atoms with Gasteiger partial charge in [0.05, 0.1) is 5.69 Å². The first-order valence-electron chi connectivity index (χ1n) is 15.0. The molecule has 1 aliphatic rings. The van der Waals surface area contributed by atoms with E-state index in [-0.39, 0.29) is 11.6 Å². The van der Waals surface area contributed by atoms with Crippen LogP contribution in [0.15, 0.2) is 60.8 Å². The van der Waals surface area contributed by atoms with E-state index in [1.165, 1.54) is 18.4 Å². The van der Waals surface area contributed by atoms with E-state index in [2.05, 4.69) is 26.3 Å². The Bertz CT molecular complexity index is 1940. The highest BCUT2D eigenvalue weighted by atomic mass is 16.4. The Morgan fingerprint density at radius 2 is 1.68 bits per heavy atom. The number of carboxylic acid groups (broad SMARTS) is 1. The number of nitrogens with zero attached hydrogens (tertiary/aromatic N) is 3. The minimum Gasteiger partial charge on any atom is -0.477 e. The van der Waals surface area contributed by atoms with Crippen LogP contribution in [-0.4, -0.2) is 42.5 Å². The Labute approximate surface area is 255 Å². The van der Waals surface area contributed by atoms with E-state index in [9.17, 15) is 19.5 Å². The van der Waals surface area contributed by atoms with E-state index >= 15 is 0 Å². The van der Waals surface area contributed by atoms with Crippen molar-refractivity contribution in [1.29, 1.82) is 0 Å². The fraction of sp³-hybridized carbons (Fsp3) is 0.314. The summed E-state index contributed by atoms with van der Waals surface area (Å²) in [6.45, 7) is 5.30. The SMILES string of the molecule is Cc1ccc(-c2c(C3CCCC3)c3ccc(C(=O)NC(C)(C)C(=O)Nc4ccc5c(c4)cc(C(=O)O)n5C)cc3n2C)cn1.